The van der Waals surface area contributed by atoms with Gasteiger partial charge in [-0.15, -0.1) is 0 Å². The van der Waals surface area contributed by atoms with E-state index in [1.54, 1.807) is 12.1 Å². The smallest absolute Gasteiger partial charge is 0.331 e. The maximum absolute atomic E-state index is 11.9. The zero-order valence-corrected chi connectivity index (χ0v) is 12.2. The molecule has 0 radical (unpaired) electrons. The number of carbonyl (C=O) groups is 2. The van der Waals surface area contributed by atoms with Crippen LogP contribution >= 0.6 is 0 Å². The minimum absolute atomic E-state index is 0.0479. The molecule has 0 fully saturated rings. The Kier molecular flexibility index (Phi) is 5.46. The fraction of sp³-hybridized carbons (Fsp3) is 0.333. The van der Waals surface area contributed by atoms with Gasteiger partial charge < -0.3 is 15.3 Å². The lowest BCUT2D eigenvalue weighted by atomic mass is 10.1. The highest BCUT2D eigenvalue weighted by atomic mass is 16.4. The summed E-state index contributed by atoms with van der Waals surface area (Å²) in [4.78, 5) is 24.7. The Bertz CT molecular complexity index is 531. The van der Waals surface area contributed by atoms with Crippen molar-refractivity contribution in [1.29, 1.82) is 0 Å². The highest BCUT2D eigenvalue weighted by Gasteiger charge is 2.12. The Hall–Kier alpha value is -2.14. The first-order valence-electron chi connectivity index (χ1n) is 6.27. The second kappa shape index (κ2) is 6.86. The van der Waals surface area contributed by atoms with Crippen LogP contribution in [0.15, 0.2) is 35.4 Å². The summed E-state index contributed by atoms with van der Waals surface area (Å²) in [6.07, 6.45) is 0. The topological polar surface area (TPSA) is 69.6 Å². The van der Waals surface area contributed by atoms with E-state index in [1.165, 1.54) is 13.8 Å². The van der Waals surface area contributed by atoms with E-state index in [-0.39, 0.29) is 11.1 Å². The summed E-state index contributed by atoms with van der Waals surface area (Å²) >= 11 is 0. The van der Waals surface area contributed by atoms with E-state index in [1.807, 2.05) is 26.2 Å². The molecule has 0 unspecified atom stereocenters. The van der Waals surface area contributed by atoms with Crippen LogP contribution < -0.4 is 5.32 Å². The Balaban J connectivity index is 2.77. The van der Waals surface area contributed by atoms with E-state index in [2.05, 4.69) is 10.2 Å². The van der Waals surface area contributed by atoms with Crippen molar-refractivity contribution in [3.8, 4) is 0 Å². The molecule has 1 aromatic carbocycles. The summed E-state index contributed by atoms with van der Waals surface area (Å²) in [6, 6.07) is 7.47. The molecule has 0 saturated carbocycles. The van der Waals surface area contributed by atoms with Gasteiger partial charge in [0.2, 0.25) is 0 Å². The lowest BCUT2D eigenvalue weighted by molar-refractivity contribution is -0.133. The lowest BCUT2D eigenvalue weighted by Gasteiger charge is -2.11. The summed E-state index contributed by atoms with van der Waals surface area (Å²) in [5.41, 5.74) is 2.04. The Morgan fingerprint density at radius 1 is 1.10 bits per heavy atom. The van der Waals surface area contributed by atoms with Gasteiger partial charge in [-0.3, -0.25) is 4.79 Å². The molecule has 0 aromatic heterocycles. The minimum Gasteiger partial charge on any atom is -0.478 e. The molecule has 0 aliphatic heterocycles. The van der Waals surface area contributed by atoms with Crippen molar-refractivity contribution in [2.75, 3.05) is 19.4 Å². The highest BCUT2D eigenvalue weighted by molar-refractivity contribution is 6.08. The van der Waals surface area contributed by atoms with E-state index < -0.39 is 11.9 Å². The van der Waals surface area contributed by atoms with Crippen molar-refractivity contribution in [3.63, 3.8) is 0 Å². The maximum Gasteiger partial charge on any atom is 0.331 e. The molecular weight excluding hydrogens is 256 g/mol. The third kappa shape index (κ3) is 4.51. The second-order valence-electron chi connectivity index (χ2n) is 4.94. The van der Waals surface area contributed by atoms with Gasteiger partial charge >= 0.3 is 5.97 Å². The molecule has 0 aliphatic carbocycles. The second-order valence-corrected chi connectivity index (χ2v) is 4.94. The number of nitrogens with zero attached hydrogens (tertiary/aromatic N) is 1. The minimum atomic E-state index is -1.08. The number of carboxylic acid groups (broad SMARTS) is 1. The summed E-state index contributed by atoms with van der Waals surface area (Å²) in [6.45, 7) is 3.74. The molecule has 0 bridgehead atoms. The van der Waals surface area contributed by atoms with Crippen molar-refractivity contribution < 1.29 is 14.7 Å². The van der Waals surface area contributed by atoms with Crippen LogP contribution in [-0.4, -0.2) is 36.0 Å². The number of hydrogen-bond acceptors (Lipinski definition) is 3. The molecule has 5 nitrogen and oxygen atoms in total. The van der Waals surface area contributed by atoms with E-state index in [4.69, 9.17) is 5.11 Å². The normalized spacial score (nSPS) is 12.1. The van der Waals surface area contributed by atoms with Gasteiger partial charge in [0, 0.05) is 23.4 Å². The number of carbonyl (C=O) groups excluding carboxylic acids is 1. The quantitative estimate of drug-likeness (QED) is 0.808. The van der Waals surface area contributed by atoms with Gasteiger partial charge in [0.25, 0.3) is 5.91 Å². The third-order valence-electron chi connectivity index (χ3n) is 2.93. The maximum atomic E-state index is 11.9. The summed E-state index contributed by atoms with van der Waals surface area (Å²) in [5, 5.41) is 11.5. The van der Waals surface area contributed by atoms with E-state index in [0.717, 1.165) is 12.1 Å². The van der Waals surface area contributed by atoms with Gasteiger partial charge in [-0.1, -0.05) is 12.1 Å². The van der Waals surface area contributed by atoms with E-state index in [0.29, 0.717) is 5.69 Å². The zero-order chi connectivity index (χ0) is 15.3. The monoisotopic (exact) mass is 276 g/mol. The van der Waals surface area contributed by atoms with E-state index >= 15 is 0 Å². The van der Waals surface area contributed by atoms with Gasteiger partial charge in [0.15, 0.2) is 0 Å². The number of nitrogens with one attached hydrogen (secondary N) is 1. The number of carboxylic acids is 1. The van der Waals surface area contributed by atoms with Crippen molar-refractivity contribution >= 4 is 17.6 Å². The molecule has 5 heteroatoms. The van der Waals surface area contributed by atoms with Gasteiger partial charge in [-0.2, -0.15) is 0 Å². The van der Waals surface area contributed by atoms with Crippen LogP contribution in [0.3, 0.4) is 0 Å². The van der Waals surface area contributed by atoms with Crippen molar-refractivity contribution in [2.24, 2.45) is 0 Å². The largest absolute Gasteiger partial charge is 0.478 e. The van der Waals surface area contributed by atoms with Crippen molar-refractivity contribution in [2.45, 2.75) is 20.4 Å². The first kappa shape index (κ1) is 15.9. The first-order chi connectivity index (χ1) is 9.31. The van der Waals surface area contributed by atoms with Crippen LogP contribution in [-0.2, 0) is 16.1 Å². The van der Waals surface area contributed by atoms with Crippen LogP contribution in [0.25, 0.3) is 0 Å². The summed E-state index contributed by atoms with van der Waals surface area (Å²) < 4.78 is 0. The molecule has 1 rings (SSSR count). The van der Waals surface area contributed by atoms with Gasteiger partial charge in [-0.05, 0) is 45.6 Å². The predicted molar refractivity (Wildman–Crippen MR) is 78.5 cm³/mol. The van der Waals surface area contributed by atoms with Crippen molar-refractivity contribution in [3.05, 3.63) is 41.0 Å². The van der Waals surface area contributed by atoms with E-state index in [9.17, 15) is 9.59 Å². The number of amides is 1. The molecule has 1 aromatic rings. The fourth-order valence-electron chi connectivity index (χ4n) is 1.61. The van der Waals surface area contributed by atoms with Crippen LogP contribution in [0.4, 0.5) is 5.69 Å². The molecule has 0 aliphatic rings. The van der Waals surface area contributed by atoms with Gasteiger partial charge in [-0.25, -0.2) is 4.79 Å². The van der Waals surface area contributed by atoms with Crippen LogP contribution in [0, 0.1) is 0 Å². The van der Waals surface area contributed by atoms with Crippen molar-refractivity contribution in [1.82, 2.24) is 4.90 Å². The molecule has 0 heterocycles. The summed E-state index contributed by atoms with van der Waals surface area (Å²) in [5.74, 6) is -1.48. The number of benzene rings is 1. The lowest BCUT2D eigenvalue weighted by Crippen LogP contribution is -2.16. The van der Waals surface area contributed by atoms with Crippen LogP contribution in [0.1, 0.15) is 19.4 Å². The van der Waals surface area contributed by atoms with Gasteiger partial charge in [0.1, 0.15) is 0 Å². The Morgan fingerprint density at radius 3 is 2.10 bits per heavy atom. The average molecular weight is 276 g/mol. The standard InChI is InChI=1S/C15H20N2O3/c1-10(11(2)15(19)20)14(18)16-13-7-5-12(6-8-13)9-17(3)4/h5-8H,9H2,1-4H3,(H,16,18)(H,19,20). The first-order valence-corrected chi connectivity index (χ1v) is 6.27. The zero-order valence-electron chi connectivity index (χ0n) is 12.2. The number of hydrogen-bond donors (Lipinski definition) is 2. The van der Waals surface area contributed by atoms with Crippen LogP contribution in [0.2, 0.25) is 0 Å². The Labute approximate surface area is 118 Å². The molecule has 1 amide bonds. The Morgan fingerprint density at radius 2 is 1.65 bits per heavy atom. The molecule has 0 atom stereocenters. The molecule has 108 valence electrons. The SMILES string of the molecule is CC(C(=O)O)=C(C)C(=O)Nc1ccc(CN(C)C)cc1. The molecule has 2 N–H and O–H groups in total. The number of anilines is 1. The fourth-order valence-corrected chi connectivity index (χ4v) is 1.61. The molecule has 20 heavy (non-hydrogen) atoms. The van der Waals surface area contributed by atoms with Gasteiger partial charge in [0.05, 0.1) is 0 Å². The number of aliphatic carboxylic acids is 1. The number of rotatable bonds is 5. The molecular formula is C15H20N2O3. The third-order valence-corrected chi connectivity index (χ3v) is 2.93. The van der Waals surface area contributed by atoms with Crippen LogP contribution in [0.5, 0.6) is 0 Å². The average Bonchev–Trinajstić information content (AvgIpc) is 2.38. The summed E-state index contributed by atoms with van der Waals surface area (Å²) in [7, 11) is 3.97. The highest BCUT2D eigenvalue weighted by Crippen LogP contribution is 2.13. The molecule has 0 spiro atoms. The predicted octanol–water partition coefficient (Wildman–Crippen LogP) is 2.11. The molecule has 0 saturated heterocycles.